The minimum absolute atomic E-state index is 0. The molecule has 0 N–H and O–H groups in total. The average molecular weight is 551 g/mol. The second-order valence-corrected chi connectivity index (χ2v) is 15.1. The van der Waals surface area contributed by atoms with Crippen molar-refractivity contribution in [3.63, 3.8) is 0 Å². The largest absolute Gasteiger partial charge is 1.00 e. The van der Waals surface area contributed by atoms with Crippen LogP contribution < -0.4 is 24.8 Å². The van der Waals surface area contributed by atoms with Crippen LogP contribution in [-0.4, -0.2) is 3.21 Å². The summed E-state index contributed by atoms with van der Waals surface area (Å²) in [6.45, 7) is 4.64. The molecule has 0 saturated heterocycles. The smallest absolute Gasteiger partial charge is 1.00 e. The molecule has 0 aliphatic heterocycles. The fourth-order valence-corrected chi connectivity index (χ4v) is 13.4. The summed E-state index contributed by atoms with van der Waals surface area (Å²) in [5.41, 5.74) is 7.25. The van der Waals surface area contributed by atoms with E-state index in [1.54, 1.807) is 6.49 Å². The Morgan fingerprint density at radius 3 is 1.94 bits per heavy atom. The van der Waals surface area contributed by atoms with E-state index in [0.29, 0.717) is 9.54 Å². The minimum atomic E-state index is -2.37. The van der Waals surface area contributed by atoms with Crippen LogP contribution in [0.1, 0.15) is 46.1 Å². The van der Waals surface area contributed by atoms with Crippen LogP contribution in [0.2, 0.25) is 0 Å². The molecule has 5 rings (SSSR count). The molecule has 0 bridgehead atoms. The average Bonchev–Trinajstić information content (AvgIpc) is 3.47. The molecule has 0 spiro atoms. The Balaban J connectivity index is 0.00000153. The Hall–Kier alpha value is -1.79. The Morgan fingerprint density at radius 2 is 1.36 bits per heavy atom. The van der Waals surface area contributed by atoms with Gasteiger partial charge in [0.25, 0.3) is 0 Å². The first kappa shape index (κ1) is 25.8. The summed E-state index contributed by atoms with van der Waals surface area (Å²) < 4.78 is 3.89. The van der Waals surface area contributed by atoms with E-state index in [-0.39, 0.29) is 24.8 Å². The van der Waals surface area contributed by atoms with E-state index in [2.05, 4.69) is 123 Å². The van der Waals surface area contributed by atoms with Gasteiger partial charge in [0, 0.05) is 0 Å². The third-order valence-corrected chi connectivity index (χ3v) is 14.5. The Kier molecular flexibility index (Phi) is 9.05. The summed E-state index contributed by atoms with van der Waals surface area (Å²) in [5.74, 6) is 0.588. The van der Waals surface area contributed by atoms with Gasteiger partial charge >= 0.3 is 195 Å². The molecule has 3 aromatic carbocycles. The van der Waals surface area contributed by atoms with Crippen molar-refractivity contribution in [3.05, 3.63) is 134 Å². The fraction of sp³-hybridized carbons (Fsp3) is 0.167. The number of fused-ring (bicyclic) bond motifs is 1. The first-order valence-electron chi connectivity index (χ1n) is 11.3. The molecule has 2 aliphatic rings. The number of halogens is 2. The summed E-state index contributed by atoms with van der Waals surface area (Å²) in [6, 6.07) is 31.3. The van der Waals surface area contributed by atoms with Gasteiger partial charge < -0.3 is 24.8 Å². The first-order valence-corrected chi connectivity index (χ1v) is 15.1. The number of hydrogen-bond acceptors (Lipinski definition) is 0. The van der Waals surface area contributed by atoms with Gasteiger partial charge in [-0.2, -0.15) is 0 Å². The van der Waals surface area contributed by atoms with E-state index >= 15 is 0 Å². The summed E-state index contributed by atoms with van der Waals surface area (Å²) in [7, 11) is 0. The maximum Gasteiger partial charge on any atom is -1.00 e. The van der Waals surface area contributed by atoms with Crippen LogP contribution in [0.5, 0.6) is 0 Å². The van der Waals surface area contributed by atoms with Gasteiger partial charge in [-0.25, -0.2) is 0 Å². The van der Waals surface area contributed by atoms with E-state index in [4.69, 9.17) is 0 Å². The maximum absolute atomic E-state index is 2.57. The molecular weight excluding hydrogens is 522 g/mol. The van der Waals surface area contributed by atoms with Gasteiger partial charge in [0.05, 0.1) is 0 Å². The van der Waals surface area contributed by atoms with Crippen LogP contribution >= 0.6 is 0 Å². The molecule has 0 aromatic heterocycles. The zero-order valence-electron chi connectivity index (χ0n) is 19.0. The Bertz CT molecular complexity index is 1180. The van der Waals surface area contributed by atoms with E-state index in [9.17, 15) is 0 Å². The molecule has 33 heavy (non-hydrogen) atoms. The van der Waals surface area contributed by atoms with E-state index < -0.39 is 21.3 Å². The molecule has 3 aromatic rings. The summed E-state index contributed by atoms with van der Waals surface area (Å²) in [5, 5.41) is 0. The molecule has 2 aliphatic carbocycles. The zero-order chi connectivity index (χ0) is 21.2. The molecule has 1 unspecified atom stereocenters. The second-order valence-electron chi connectivity index (χ2n) is 8.72. The van der Waals surface area contributed by atoms with Crippen molar-refractivity contribution in [3.8, 4) is 0 Å². The van der Waals surface area contributed by atoms with Gasteiger partial charge in [0.15, 0.2) is 0 Å². The molecule has 0 heterocycles. The summed E-state index contributed by atoms with van der Waals surface area (Å²) >= 11 is -2.37. The Morgan fingerprint density at radius 1 is 0.788 bits per heavy atom. The van der Waals surface area contributed by atoms with E-state index in [1.165, 1.54) is 27.8 Å². The predicted molar refractivity (Wildman–Crippen MR) is 130 cm³/mol. The number of hydrogen-bond donors (Lipinski definition) is 0. The normalized spacial score (nSPS) is 15.5. The summed E-state index contributed by atoms with van der Waals surface area (Å²) in [6.07, 6.45) is 11.1. The van der Waals surface area contributed by atoms with Gasteiger partial charge in [-0.15, -0.1) is 0 Å². The molecule has 0 radical (unpaired) electrons. The SMILES string of the molecule is CC(C)C1=CC[C]([Zr+2](=[C](c2ccccc2)c2ccccc2)[CH]2C=Cc3ccccc32)=C1.[Cl-].[Cl-]. The van der Waals surface area contributed by atoms with E-state index in [1.807, 2.05) is 0 Å². The van der Waals surface area contributed by atoms with Gasteiger partial charge in [-0.1, -0.05) is 0 Å². The van der Waals surface area contributed by atoms with Crippen LogP contribution in [0.3, 0.4) is 0 Å². The van der Waals surface area contributed by atoms with Crippen LogP contribution in [0.15, 0.2) is 112 Å². The fourth-order valence-electron chi connectivity index (χ4n) is 4.84. The van der Waals surface area contributed by atoms with Crippen molar-refractivity contribution < 1.29 is 46.1 Å². The van der Waals surface area contributed by atoms with Crippen molar-refractivity contribution in [2.24, 2.45) is 5.92 Å². The monoisotopic (exact) mass is 548 g/mol. The van der Waals surface area contributed by atoms with Crippen molar-refractivity contribution in [1.29, 1.82) is 0 Å². The molecular formula is C30H28Cl2Zr. The quantitative estimate of drug-likeness (QED) is 0.452. The molecule has 0 nitrogen and oxygen atoms in total. The molecule has 0 saturated carbocycles. The first-order chi connectivity index (χ1) is 15.2. The standard InChI is InChI=1S/C13H10.C9H7.C8H11.2ClH.Zr/c1-3-7-12(8-4-1)11-13-9-5-2-6-10-13;1-2-5-9-7-3-6-8(9)4-1;1-7(2)8-5-3-4-6-8;;;/h1-10H;1-7H;5-7H,3H2,1-2H3;2*1H;/q;;;;;+2/p-2. The maximum atomic E-state index is 2.57. The van der Waals surface area contributed by atoms with Gasteiger partial charge in [-0.3, -0.25) is 0 Å². The summed E-state index contributed by atoms with van der Waals surface area (Å²) in [4.78, 5) is 0. The van der Waals surface area contributed by atoms with Gasteiger partial charge in [-0.05, 0) is 0 Å². The van der Waals surface area contributed by atoms with E-state index in [0.717, 1.165) is 6.42 Å². The Labute approximate surface area is 218 Å². The van der Waals surface area contributed by atoms with Crippen molar-refractivity contribution in [2.45, 2.75) is 23.9 Å². The molecule has 166 valence electrons. The topological polar surface area (TPSA) is 0 Å². The minimum Gasteiger partial charge on any atom is -1.00 e. The number of allylic oxidation sites excluding steroid dienone is 5. The number of benzene rings is 3. The van der Waals surface area contributed by atoms with Crippen LogP contribution in [0.25, 0.3) is 6.08 Å². The predicted octanol–water partition coefficient (Wildman–Crippen LogP) is 1.52. The third kappa shape index (κ3) is 5.32. The number of rotatable bonds is 5. The van der Waals surface area contributed by atoms with Crippen molar-refractivity contribution in [2.75, 3.05) is 0 Å². The van der Waals surface area contributed by atoms with Crippen molar-refractivity contribution in [1.82, 2.24) is 0 Å². The van der Waals surface area contributed by atoms with Crippen LogP contribution in [-0.2, 0) is 21.3 Å². The molecule has 3 heteroatoms. The third-order valence-electron chi connectivity index (χ3n) is 6.42. The second kappa shape index (κ2) is 11.6. The van der Waals surface area contributed by atoms with Crippen LogP contribution in [0, 0.1) is 5.92 Å². The van der Waals surface area contributed by atoms with Gasteiger partial charge in [0.2, 0.25) is 0 Å². The van der Waals surface area contributed by atoms with Crippen molar-refractivity contribution >= 4 is 9.28 Å². The van der Waals surface area contributed by atoms with Gasteiger partial charge in [0.1, 0.15) is 0 Å². The molecule has 0 amide bonds. The van der Waals surface area contributed by atoms with Crippen LogP contribution in [0.4, 0.5) is 0 Å². The molecule has 0 fully saturated rings. The zero-order valence-corrected chi connectivity index (χ0v) is 23.0. The molecule has 1 atom stereocenters.